The number of ether oxygens (including phenoxy) is 1. The molecule has 1 aromatic heterocycles. The van der Waals surface area contributed by atoms with E-state index in [0.29, 0.717) is 5.02 Å². The largest absolute Gasteiger partial charge is 0.444 e. The van der Waals surface area contributed by atoms with Gasteiger partial charge in [0, 0.05) is 21.0 Å². The van der Waals surface area contributed by atoms with E-state index in [9.17, 15) is 9.59 Å². The Labute approximate surface area is 184 Å². The Balaban J connectivity index is 1.75. The van der Waals surface area contributed by atoms with E-state index in [-0.39, 0.29) is 19.0 Å². The number of anilines is 1. The summed E-state index contributed by atoms with van der Waals surface area (Å²) in [7, 11) is 0. The zero-order valence-corrected chi connectivity index (χ0v) is 19.2. The van der Waals surface area contributed by atoms with Crippen molar-refractivity contribution in [1.82, 2.24) is 4.90 Å². The number of rotatable bonds is 1. The molecule has 0 saturated carbocycles. The van der Waals surface area contributed by atoms with Crippen LogP contribution in [0.2, 0.25) is 5.02 Å². The molecule has 1 saturated heterocycles. The first-order chi connectivity index (χ1) is 14.0. The maximum absolute atomic E-state index is 13.2. The van der Waals surface area contributed by atoms with E-state index in [4.69, 9.17) is 21.3 Å². The monoisotopic (exact) mass is 445 g/mol. The average Bonchev–Trinajstić information content (AvgIpc) is 2.80. The lowest BCUT2D eigenvalue weighted by Crippen LogP contribution is -2.68. The zero-order valence-electron chi connectivity index (χ0n) is 17.6. The molecule has 2 aromatic rings. The van der Waals surface area contributed by atoms with Crippen LogP contribution in [-0.4, -0.2) is 46.8 Å². The summed E-state index contributed by atoms with van der Waals surface area (Å²) in [6, 6.07) is 7.44. The van der Waals surface area contributed by atoms with E-state index >= 15 is 0 Å². The summed E-state index contributed by atoms with van der Waals surface area (Å²) in [5.74, 6) is -0.200. The highest BCUT2D eigenvalue weighted by Crippen LogP contribution is 2.40. The molecule has 1 spiro atoms. The highest BCUT2D eigenvalue weighted by Gasteiger charge is 2.54. The summed E-state index contributed by atoms with van der Waals surface area (Å²) in [6.07, 6.45) is -0.435. The molecule has 158 valence electrons. The van der Waals surface area contributed by atoms with Crippen molar-refractivity contribution in [3.8, 4) is 0 Å². The topological polar surface area (TPSA) is 71.0 Å². The molecule has 1 fully saturated rings. The van der Waals surface area contributed by atoms with Crippen LogP contribution in [0.15, 0.2) is 29.3 Å². The smallest absolute Gasteiger partial charge is 0.410 e. The van der Waals surface area contributed by atoms with Gasteiger partial charge >= 0.3 is 6.09 Å². The normalized spacial score (nSPS) is 17.6. The van der Waals surface area contributed by atoms with Crippen molar-refractivity contribution in [3.63, 3.8) is 0 Å². The second kappa shape index (κ2) is 7.10. The van der Waals surface area contributed by atoms with Crippen LogP contribution in [0.5, 0.6) is 0 Å². The molecule has 0 bridgehead atoms. The number of amides is 2. The number of aryl methyl sites for hydroxylation is 1. The number of benzene rings is 1. The van der Waals surface area contributed by atoms with Gasteiger partial charge in [-0.05, 0) is 52.3 Å². The van der Waals surface area contributed by atoms with Crippen molar-refractivity contribution < 1.29 is 14.3 Å². The number of nitrogens with one attached hydrogen (secondary N) is 1. The van der Waals surface area contributed by atoms with Crippen LogP contribution in [0, 0.1) is 13.8 Å². The van der Waals surface area contributed by atoms with Gasteiger partial charge in [0.15, 0.2) is 5.54 Å². The number of thiophene rings is 1. The first-order valence-corrected chi connectivity index (χ1v) is 10.9. The number of hydrogen-bond acceptors (Lipinski definition) is 5. The van der Waals surface area contributed by atoms with Crippen molar-refractivity contribution in [2.24, 2.45) is 4.99 Å². The third-order valence-electron chi connectivity index (χ3n) is 5.27. The Morgan fingerprint density at radius 3 is 2.47 bits per heavy atom. The van der Waals surface area contributed by atoms with E-state index in [1.807, 2.05) is 58.9 Å². The van der Waals surface area contributed by atoms with Crippen molar-refractivity contribution >= 4 is 45.7 Å². The number of carbonyl (C=O) groups excluding carboxylic acids is 2. The zero-order chi connectivity index (χ0) is 21.8. The van der Waals surface area contributed by atoms with E-state index < -0.39 is 17.2 Å². The Morgan fingerprint density at radius 1 is 1.23 bits per heavy atom. The van der Waals surface area contributed by atoms with Gasteiger partial charge in [0.05, 0.1) is 18.8 Å². The van der Waals surface area contributed by atoms with Crippen molar-refractivity contribution in [3.05, 3.63) is 50.9 Å². The average molecular weight is 446 g/mol. The van der Waals surface area contributed by atoms with Crippen LogP contribution in [0.4, 0.5) is 9.80 Å². The van der Waals surface area contributed by atoms with E-state index in [0.717, 1.165) is 32.3 Å². The minimum atomic E-state index is -1.04. The predicted molar refractivity (Wildman–Crippen MR) is 120 cm³/mol. The van der Waals surface area contributed by atoms with Crippen LogP contribution in [0.3, 0.4) is 0 Å². The molecule has 1 aromatic carbocycles. The molecular formula is C22H24ClN3O3S. The number of fused-ring (bicyclic) bond motifs is 1. The number of likely N-dealkylation sites (tertiary alicyclic amines) is 1. The van der Waals surface area contributed by atoms with Gasteiger partial charge in [-0.15, -0.1) is 11.3 Å². The van der Waals surface area contributed by atoms with E-state index in [1.54, 1.807) is 11.3 Å². The molecule has 0 radical (unpaired) electrons. The fourth-order valence-electron chi connectivity index (χ4n) is 3.61. The highest BCUT2D eigenvalue weighted by atomic mass is 35.5. The first kappa shape index (κ1) is 20.9. The second-order valence-corrected chi connectivity index (χ2v) is 10.4. The number of halogens is 1. The van der Waals surface area contributed by atoms with E-state index in [1.165, 1.54) is 4.90 Å². The maximum Gasteiger partial charge on any atom is 0.410 e. The quantitative estimate of drug-likeness (QED) is 0.685. The van der Waals surface area contributed by atoms with Crippen LogP contribution in [0.1, 0.15) is 42.3 Å². The Morgan fingerprint density at radius 2 is 1.87 bits per heavy atom. The molecule has 0 atom stereocenters. The lowest BCUT2D eigenvalue weighted by Gasteiger charge is -2.45. The molecule has 0 unspecified atom stereocenters. The molecule has 3 heterocycles. The van der Waals surface area contributed by atoms with Crippen molar-refractivity contribution in [1.29, 1.82) is 0 Å². The molecule has 30 heavy (non-hydrogen) atoms. The summed E-state index contributed by atoms with van der Waals surface area (Å²) in [5, 5.41) is 4.48. The third kappa shape index (κ3) is 3.61. The molecule has 2 aliphatic heterocycles. The molecule has 6 nitrogen and oxygen atoms in total. The number of aliphatic imine (C=N–C) groups is 1. The summed E-state index contributed by atoms with van der Waals surface area (Å²) in [5.41, 5.74) is 2.01. The summed E-state index contributed by atoms with van der Waals surface area (Å²) in [6.45, 7) is 9.88. The molecule has 8 heteroatoms. The first-order valence-electron chi connectivity index (χ1n) is 9.75. The van der Waals surface area contributed by atoms with Crippen molar-refractivity contribution in [2.75, 3.05) is 18.4 Å². The van der Waals surface area contributed by atoms with Gasteiger partial charge in [-0.2, -0.15) is 0 Å². The van der Waals surface area contributed by atoms with Gasteiger partial charge in [-0.25, -0.2) is 4.79 Å². The minimum Gasteiger partial charge on any atom is -0.444 e. The van der Waals surface area contributed by atoms with Crippen molar-refractivity contribution in [2.45, 2.75) is 45.8 Å². The van der Waals surface area contributed by atoms with E-state index in [2.05, 4.69) is 5.32 Å². The molecule has 2 aliphatic rings. The van der Waals surface area contributed by atoms with Crippen LogP contribution in [0.25, 0.3) is 0 Å². The summed E-state index contributed by atoms with van der Waals surface area (Å²) >= 11 is 7.62. The van der Waals surface area contributed by atoms with Crippen LogP contribution >= 0.6 is 22.9 Å². The molecule has 1 N–H and O–H groups in total. The molecule has 0 aliphatic carbocycles. The SMILES string of the molecule is Cc1sc2c(c1C)C(c1ccc(Cl)cc1)=NC1(CN(C(=O)OC(C)(C)C)C1)C(=O)N2. The fourth-order valence-corrected chi connectivity index (χ4v) is 4.79. The maximum atomic E-state index is 13.2. The number of hydrogen-bond donors (Lipinski definition) is 1. The Kier molecular flexibility index (Phi) is 4.94. The van der Waals surface area contributed by atoms with Gasteiger partial charge in [-0.3, -0.25) is 9.79 Å². The van der Waals surface area contributed by atoms with Gasteiger partial charge in [0.2, 0.25) is 0 Å². The summed E-state index contributed by atoms with van der Waals surface area (Å²) in [4.78, 5) is 33.2. The highest BCUT2D eigenvalue weighted by molar-refractivity contribution is 7.17. The number of nitrogens with zero attached hydrogens (tertiary/aromatic N) is 2. The summed E-state index contributed by atoms with van der Waals surface area (Å²) < 4.78 is 5.44. The third-order valence-corrected chi connectivity index (χ3v) is 6.65. The Bertz CT molecular complexity index is 1060. The lowest BCUT2D eigenvalue weighted by molar-refractivity contribution is -0.126. The van der Waals surface area contributed by atoms with Crippen LogP contribution in [-0.2, 0) is 9.53 Å². The molecular weight excluding hydrogens is 422 g/mol. The van der Waals surface area contributed by atoms with Crippen LogP contribution < -0.4 is 5.32 Å². The Hall–Kier alpha value is -2.38. The number of carbonyl (C=O) groups is 2. The molecule has 2 amide bonds. The second-order valence-electron chi connectivity index (χ2n) is 8.78. The minimum absolute atomic E-state index is 0.178. The van der Waals surface area contributed by atoms with Gasteiger partial charge in [0.1, 0.15) is 10.6 Å². The standard InChI is InChI=1S/C22H24ClN3O3S/c1-12-13(2)30-18-16(12)17(14-6-8-15(23)9-7-14)25-22(19(27)24-18)10-26(11-22)20(28)29-21(3,4)5/h6-9H,10-11H2,1-5H3,(H,24,27). The van der Waals surface area contributed by atoms with Gasteiger partial charge in [-0.1, -0.05) is 23.7 Å². The fraction of sp³-hybridized carbons (Fsp3) is 0.409. The van der Waals surface area contributed by atoms with Gasteiger partial charge in [0.25, 0.3) is 5.91 Å². The van der Waals surface area contributed by atoms with Gasteiger partial charge < -0.3 is 15.0 Å². The lowest BCUT2D eigenvalue weighted by atomic mass is 9.89. The molecule has 4 rings (SSSR count). The predicted octanol–water partition coefficient (Wildman–Crippen LogP) is 4.80.